The van der Waals surface area contributed by atoms with Crippen LogP contribution < -0.4 is 0 Å². The summed E-state index contributed by atoms with van der Waals surface area (Å²) in [6.45, 7) is 8.73. The van der Waals surface area contributed by atoms with Gasteiger partial charge < -0.3 is 9.13 Å². The molecular formula is C39H46Cl2N2O. The van der Waals surface area contributed by atoms with Crippen LogP contribution in [0.15, 0.2) is 60.7 Å². The number of carbonyl (C=O) groups is 1. The van der Waals surface area contributed by atoms with Gasteiger partial charge in [-0.15, -0.1) is 0 Å². The maximum absolute atomic E-state index is 15.3. The fourth-order valence-corrected chi connectivity index (χ4v) is 8.70. The fourth-order valence-electron chi connectivity index (χ4n) is 8.45. The summed E-state index contributed by atoms with van der Waals surface area (Å²) in [5.41, 5.74) is 9.28. The lowest BCUT2D eigenvalue weighted by molar-refractivity contribution is -0.122. The molecular weight excluding hydrogens is 583 g/mol. The van der Waals surface area contributed by atoms with E-state index < -0.39 is 0 Å². The van der Waals surface area contributed by atoms with Crippen LogP contribution in [0.2, 0.25) is 10.0 Å². The van der Waals surface area contributed by atoms with Gasteiger partial charge in [0.25, 0.3) is 0 Å². The number of carbonyl (C=O) groups excluding carboxylic acids is 1. The number of Topliss-reactive ketones (excluding diaryl/α,β-unsaturated/α-hetero) is 1. The highest BCUT2D eigenvalue weighted by Gasteiger charge is 2.37. The van der Waals surface area contributed by atoms with Crippen molar-refractivity contribution in [3.05, 3.63) is 105 Å². The zero-order valence-electron chi connectivity index (χ0n) is 26.7. The molecule has 2 unspecified atom stereocenters. The van der Waals surface area contributed by atoms with E-state index in [2.05, 4.69) is 73.2 Å². The second kappa shape index (κ2) is 13.3. The average molecular weight is 630 g/mol. The van der Waals surface area contributed by atoms with Gasteiger partial charge in [-0.2, -0.15) is 0 Å². The molecule has 2 aliphatic rings. The molecule has 0 aliphatic heterocycles. The van der Waals surface area contributed by atoms with E-state index in [1.54, 1.807) is 0 Å². The minimum atomic E-state index is -0.115. The van der Waals surface area contributed by atoms with Gasteiger partial charge in [0.2, 0.25) is 0 Å². The molecule has 2 aliphatic carbocycles. The molecule has 0 radical (unpaired) electrons. The van der Waals surface area contributed by atoms with Gasteiger partial charge in [0, 0.05) is 56.0 Å². The summed E-state index contributed by atoms with van der Waals surface area (Å²) in [5, 5.41) is 1.47. The summed E-state index contributed by atoms with van der Waals surface area (Å²) < 4.78 is 4.61. The Bertz CT molecular complexity index is 1480. The van der Waals surface area contributed by atoms with Crippen LogP contribution in [0, 0.1) is 39.5 Å². The van der Waals surface area contributed by atoms with Gasteiger partial charge in [0.15, 0.2) is 0 Å². The molecule has 6 rings (SSSR count). The average Bonchev–Trinajstić information content (AvgIpc) is 3.81. The van der Waals surface area contributed by atoms with E-state index in [0.717, 1.165) is 45.6 Å². The van der Waals surface area contributed by atoms with Crippen molar-refractivity contribution in [2.75, 3.05) is 0 Å². The Morgan fingerprint density at radius 3 is 1.32 bits per heavy atom. The summed E-state index contributed by atoms with van der Waals surface area (Å²) in [5.74, 6) is 1.40. The van der Waals surface area contributed by atoms with Crippen LogP contribution in [-0.2, 0) is 4.79 Å². The molecule has 44 heavy (non-hydrogen) atoms. The maximum atomic E-state index is 15.3. The lowest BCUT2D eigenvalue weighted by Gasteiger charge is -2.27. The molecule has 232 valence electrons. The van der Waals surface area contributed by atoms with Crippen LogP contribution in [0.5, 0.6) is 0 Å². The molecule has 3 nitrogen and oxygen atoms in total. The first kappa shape index (κ1) is 31.2. The number of benzene rings is 2. The Morgan fingerprint density at radius 1 is 0.636 bits per heavy atom. The van der Waals surface area contributed by atoms with Gasteiger partial charge in [-0.3, -0.25) is 4.79 Å². The Hall–Kier alpha value is -2.75. The summed E-state index contributed by atoms with van der Waals surface area (Å²) in [6.07, 6.45) is 12.0. The molecule has 0 amide bonds. The number of aryl methyl sites for hydroxylation is 2. The smallest absolute Gasteiger partial charge is 0.147 e. The first-order valence-electron chi connectivity index (χ1n) is 16.6. The van der Waals surface area contributed by atoms with Gasteiger partial charge >= 0.3 is 0 Å². The van der Waals surface area contributed by atoms with Crippen LogP contribution in [0.3, 0.4) is 0 Å². The van der Waals surface area contributed by atoms with Gasteiger partial charge in [0.1, 0.15) is 5.78 Å². The summed E-state index contributed by atoms with van der Waals surface area (Å²) >= 11 is 12.5. The van der Waals surface area contributed by atoms with Gasteiger partial charge in [0.05, 0.1) is 0 Å². The van der Waals surface area contributed by atoms with E-state index in [1.807, 2.05) is 24.3 Å². The van der Waals surface area contributed by atoms with Crippen LogP contribution in [0.1, 0.15) is 110 Å². The van der Waals surface area contributed by atoms with Crippen LogP contribution in [-0.4, -0.2) is 14.9 Å². The van der Waals surface area contributed by atoms with E-state index in [4.69, 9.17) is 23.2 Å². The second-order valence-corrected chi connectivity index (χ2v) is 14.4. The maximum Gasteiger partial charge on any atom is 0.147 e. The van der Waals surface area contributed by atoms with E-state index >= 15 is 4.79 Å². The number of halogens is 2. The van der Waals surface area contributed by atoms with Gasteiger partial charge in [-0.25, -0.2) is 0 Å². The number of rotatable bonds is 10. The van der Waals surface area contributed by atoms with Crippen molar-refractivity contribution in [3.63, 3.8) is 0 Å². The first-order valence-corrected chi connectivity index (χ1v) is 17.4. The lowest BCUT2D eigenvalue weighted by atomic mass is 9.75. The van der Waals surface area contributed by atoms with Crippen LogP contribution >= 0.6 is 23.2 Å². The standard InChI is InChI=1S/C39H46Cl2N2O/c1-25-21-35(27(3)42(25)33-17-13-31(40)14-18-33)37(23-29-9-5-6-10-29)39(44)38(24-30-11-7-8-12-30)36-22-26(2)43(28(36)4)34-19-15-32(41)16-20-34/h13-22,29-30,37-38H,5-12,23-24H2,1-4H3. The predicted molar refractivity (Wildman–Crippen MR) is 184 cm³/mol. The Morgan fingerprint density at radius 2 is 0.977 bits per heavy atom. The number of hydrogen-bond donors (Lipinski definition) is 0. The minimum Gasteiger partial charge on any atom is -0.318 e. The highest BCUT2D eigenvalue weighted by atomic mass is 35.5. The second-order valence-electron chi connectivity index (χ2n) is 13.6. The van der Waals surface area contributed by atoms with Crippen molar-refractivity contribution >= 4 is 29.0 Å². The monoisotopic (exact) mass is 628 g/mol. The molecule has 0 saturated heterocycles. The Balaban J connectivity index is 1.43. The van der Waals surface area contributed by atoms with Crippen LogP contribution in [0.4, 0.5) is 0 Å². The zero-order valence-corrected chi connectivity index (χ0v) is 28.2. The lowest BCUT2D eigenvalue weighted by Crippen LogP contribution is -2.25. The molecule has 2 aromatic heterocycles. The molecule has 0 spiro atoms. The fraction of sp³-hybridized carbons (Fsp3) is 0.462. The molecule has 2 aromatic carbocycles. The number of hydrogen-bond acceptors (Lipinski definition) is 1. The first-order chi connectivity index (χ1) is 21.2. The summed E-state index contributed by atoms with van der Waals surface area (Å²) in [6, 6.07) is 20.7. The van der Waals surface area contributed by atoms with Crippen molar-refractivity contribution in [1.29, 1.82) is 0 Å². The highest BCUT2D eigenvalue weighted by molar-refractivity contribution is 6.30. The highest BCUT2D eigenvalue weighted by Crippen LogP contribution is 2.44. The number of ketones is 1. The van der Waals surface area contributed by atoms with Gasteiger partial charge in [-0.1, -0.05) is 74.6 Å². The van der Waals surface area contributed by atoms with Crippen molar-refractivity contribution < 1.29 is 4.79 Å². The van der Waals surface area contributed by atoms with Crippen molar-refractivity contribution in [3.8, 4) is 11.4 Å². The van der Waals surface area contributed by atoms with E-state index in [0.29, 0.717) is 17.6 Å². The molecule has 4 aromatic rings. The summed E-state index contributed by atoms with van der Waals surface area (Å²) in [7, 11) is 0. The molecule has 2 heterocycles. The molecule has 5 heteroatoms. The minimum absolute atomic E-state index is 0.115. The third-order valence-corrected chi connectivity index (χ3v) is 11.1. The summed E-state index contributed by atoms with van der Waals surface area (Å²) in [4.78, 5) is 15.3. The SMILES string of the molecule is Cc1cc(C(CC2CCCC2)C(=O)C(CC2CCCC2)c2cc(C)n(-c3ccc(Cl)cc3)c2C)c(C)n1-c1ccc(Cl)cc1. The van der Waals surface area contributed by atoms with Crippen molar-refractivity contribution in [2.24, 2.45) is 11.8 Å². The molecule has 0 N–H and O–H groups in total. The predicted octanol–water partition coefficient (Wildman–Crippen LogP) is 11.4. The Kier molecular flexibility index (Phi) is 9.45. The number of nitrogens with zero attached hydrogens (tertiary/aromatic N) is 2. The zero-order chi connectivity index (χ0) is 31.0. The molecule has 2 atom stereocenters. The number of aromatic nitrogens is 2. The Labute approximate surface area is 273 Å². The van der Waals surface area contributed by atoms with E-state index in [9.17, 15) is 0 Å². The third-order valence-electron chi connectivity index (χ3n) is 10.6. The molecule has 2 fully saturated rings. The van der Waals surface area contributed by atoms with Crippen LogP contribution in [0.25, 0.3) is 11.4 Å². The van der Waals surface area contributed by atoms with Crippen molar-refractivity contribution in [2.45, 2.75) is 104 Å². The van der Waals surface area contributed by atoms with E-state index in [-0.39, 0.29) is 11.8 Å². The quantitative estimate of drug-likeness (QED) is 0.171. The largest absolute Gasteiger partial charge is 0.318 e. The van der Waals surface area contributed by atoms with Crippen molar-refractivity contribution in [1.82, 2.24) is 9.13 Å². The third kappa shape index (κ3) is 6.33. The topological polar surface area (TPSA) is 26.9 Å². The molecule has 0 bridgehead atoms. The normalized spacial score (nSPS) is 17.4. The van der Waals surface area contributed by atoms with E-state index in [1.165, 1.54) is 73.9 Å². The van der Waals surface area contributed by atoms with Gasteiger partial charge in [-0.05, 0) is 124 Å². The molecule has 2 saturated carbocycles.